The number of benzene rings is 2. The number of carbonyl (C=O) groups is 2. The molecule has 0 aliphatic carbocycles. The van der Waals surface area contributed by atoms with E-state index in [1.807, 2.05) is 31.2 Å². The summed E-state index contributed by atoms with van der Waals surface area (Å²) in [5.74, 6) is -4.34. The molecule has 1 atom stereocenters. The van der Waals surface area contributed by atoms with Crippen LogP contribution in [-0.4, -0.2) is 28.4 Å². The summed E-state index contributed by atoms with van der Waals surface area (Å²) in [4.78, 5) is 28.4. The first-order valence-corrected chi connectivity index (χ1v) is 10.1. The summed E-state index contributed by atoms with van der Waals surface area (Å²) in [6, 6.07) is 10.3. The molecule has 0 radical (unpaired) electrons. The summed E-state index contributed by atoms with van der Waals surface area (Å²) in [6.45, 7) is 2.48. The van der Waals surface area contributed by atoms with Gasteiger partial charge in [-0.2, -0.15) is 0 Å². The van der Waals surface area contributed by atoms with E-state index in [0.29, 0.717) is 12.3 Å². The largest absolute Gasteiger partial charge is 0.494 e. The highest BCUT2D eigenvalue weighted by molar-refractivity contribution is 7.13. The molecule has 30 heavy (non-hydrogen) atoms. The average Bonchev–Trinajstić information content (AvgIpc) is 3.17. The molecule has 1 aromatic heterocycles. The summed E-state index contributed by atoms with van der Waals surface area (Å²) < 4.78 is 32.0. The monoisotopic (exact) mass is 431 g/mol. The SMILES string of the molecule is CCOc1ccc(-c2nc(CC(=O)CC(C(=O)O)c3ccc(F)c(F)c3)cs2)cc1. The van der Waals surface area contributed by atoms with Gasteiger partial charge in [0.05, 0.1) is 18.2 Å². The van der Waals surface area contributed by atoms with Crippen molar-refractivity contribution < 1.29 is 28.2 Å². The van der Waals surface area contributed by atoms with E-state index in [0.717, 1.165) is 28.5 Å². The minimum absolute atomic E-state index is 0.0407. The fraction of sp³-hybridized carbons (Fsp3) is 0.227. The fourth-order valence-corrected chi connectivity index (χ4v) is 3.79. The molecule has 1 unspecified atom stereocenters. The maximum Gasteiger partial charge on any atom is 0.311 e. The third-order valence-electron chi connectivity index (χ3n) is 4.42. The number of nitrogens with zero attached hydrogens (tertiary/aromatic N) is 1. The summed E-state index contributed by atoms with van der Waals surface area (Å²) in [7, 11) is 0. The molecule has 0 aliphatic heterocycles. The van der Waals surface area contributed by atoms with Gasteiger partial charge in [-0.1, -0.05) is 6.07 Å². The maximum atomic E-state index is 13.4. The number of carbonyl (C=O) groups excluding carboxylic acids is 1. The van der Waals surface area contributed by atoms with Gasteiger partial charge < -0.3 is 9.84 Å². The number of carboxylic acids is 1. The number of rotatable bonds is 9. The minimum Gasteiger partial charge on any atom is -0.494 e. The van der Waals surface area contributed by atoms with Crippen molar-refractivity contribution in [3.63, 3.8) is 0 Å². The Balaban J connectivity index is 1.68. The van der Waals surface area contributed by atoms with Crippen LogP contribution in [0.25, 0.3) is 10.6 Å². The molecule has 1 N–H and O–H groups in total. The Morgan fingerprint density at radius 3 is 2.50 bits per heavy atom. The molecule has 0 saturated carbocycles. The summed E-state index contributed by atoms with van der Waals surface area (Å²) >= 11 is 1.38. The van der Waals surface area contributed by atoms with E-state index in [9.17, 15) is 23.5 Å². The Morgan fingerprint density at radius 2 is 1.87 bits per heavy atom. The normalized spacial score (nSPS) is 11.8. The van der Waals surface area contributed by atoms with Crippen molar-refractivity contribution in [3.8, 4) is 16.3 Å². The molecular formula is C22H19F2NO4S. The van der Waals surface area contributed by atoms with E-state index in [1.165, 1.54) is 17.4 Å². The number of aliphatic carboxylic acids is 1. The van der Waals surface area contributed by atoms with Gasteiger partial charge in [0.1, 0.15) is 16.5 Å². The second kappa shape index (κ2) is 9.58. The molecule has 2 aromatic carbocycles. The maximum absolute atomic E-state index is 13.4. The third-order valence-corrected chi connectivity index (χ3v) is 5.36. The van der Waals surface area contributed by atoms with Crippen LogP contribution in [0.5, 0.6) is 5.75 Å². The number of Topliss-reactive ketones (excluding diaryl/α,β-unsaturated/α-hetero) is 1. The van der Waals surface area contributed by atoms with Gasteiger partial charge in [-0.3, -0.25) is 9.59 Å². The van der Waals surface area contributed by atoms with E-state index >= 15 is 0 Å². The van der Waals surface area contributed by atoms with Gasteiger partial charge in [-0.15, -0.1) is 11.3 Å². The number of hydrogen-bond acceptors (Lipinski definition) is 5. The van der Waals surface area contributed by atoms with Gasteiger partial charge in [0.15, 0.2) is 11.6 Å². The van der Waals surface area contributed by atoms with Crippen LogP contribution in [0.15, 0.2) is 47.8 Å². The topological polar surface area (TPSA) is 76.5 Å². The number of aromatic nitrogens is 1. The minimum atomic E-state index is -1.28. The van der Waals surface area contributed by atoms with E-state index in [2.05, 4.69) is 4.98 Å². The smallest absolute Gasteiger partial charge is 0.311 e. The number of halogens is 2. The van der Waals surface area contributed by atoms with Gasteiger partial charge in [0.2, 0.25) is 0 Å². The molecule has 0 saturated heterocycles. The number of ketones is 1. The van der Waals surface area contributed by atoms with Crippen LogP contribution in [0.2, 0.25) is 0 Å². The first kappa shape index (κ1) is 21.6. The van der Waals surface area contributed by atoms with Crippen molar-refractivity contribution >= 4 is 23.1 Å². The van der Waals surface area contributed by atoms with Crippen molar-refractivity contribution in [1.82, 2.24) is 4.98 Å². The Morgan fingerprint density at radius 1 is 1.13 bits per heavy atom. The molecule has 5 nitrogen and oxygen atoms in total. The Labute approximate surface area is 176 Å². The molecule has 3 aromatic rings. The fourth-order valence-electron chi connectivity index (χ4n) is 2.96. The summed E-state index contributed by atoms with van der Waals surface area (Å²) in [5.41, 5.74) is 1.46. The van der Waals surface area contributed by atoms with Crippen LogP contribution < -0.4 is 4.74 Å². The molecule has 156 valence electrons. The van der Waals surface area contributed by atoms with E-state index < -0.39 is 23.5 Å². The summed E-state index contributed by atoms with van der Waals surface area (Å²) in [6.07, 6.45) is -0.378. The Bertz CT molecular complexity index is 1050. The van der Waals surface area contributed by atoms with Gasteiger partial charge >= 0.3 is 5.97 Å². The van der Waals surface area contributed by atoms with Crippen molar-refractivity contribution in [2.45, 2.75) is 25.7 Å². The quantitative estimate of drug-likeness (QED) is 0.524. The van der Waals surface area contributed by atoms with Gasteiger partial charge in [-0.05, 0) is 48.9 Å². The first-order valence-electron chi connectivity index (χ1n) is 9.24. The molecule has 0 spiro atoms. The highest BCUT2D eigenvalue weighted by Gasteiger charge is 2.25. The molecule has 8 heteroatoms. The predicted octanol–water partition coefficient (Wildman–Crippen LogP) is 4.86. The molecule has 3 rings (SSSR count). The number of ether oxygens (including phenoxy) is 1. The molecule has 0 aliphatic rings. The Hall–Kier alpha value is -3.13. The van der Waals surface area contributed by atoms with E-state index in [-0.39, 0.29) is 24.2 Å². The standard InChI is InChI=1S/C22H19F2NO4S/c1-2-29-17-6-3-13(4-7-17)21-25-15(12-30-21)10-16(26)11-18(22(27)28)14-5-8-19(23)20(24)9-14/h3-9,12,18H,2,10-11H2,1H3,(H,27,28). The van der Waals surface area contributed by atoms with Crippen LogP contribution in [0.4, 0.5) is 8.78 Å². The molecule has 0 fully saturated rings. The van der Waals surface area contributed by atoms with Crippen molar-refractivity contribution in [2.24, 2.45) is 0 Å². The number of carboxylic acid groups (broad SMARTS) is 1. The van der Waals surface area contributed by atoms with Gasteiger partial charge in [0.25, 0.3) is 0 Å². The number of hydrogen-bond donors (Lipinski definition) is 1. The van der Waals surface area contributed by atoms with Crippen molar-refractivity contribution in [1.29, 1.82) is 0 Å². The second-order valence-corrected chi connectivity index (χ2v) is 7.44. The number of thiazole rings is 1. The zero-order chi connectivity index (χ0) is 21.7. The Kier molecular flexibility index (Phi) is 6.89. The molecule has 1 heterocycles. The van der Waals surface area contributed by atoms with Crippen LogP contribution in [0.3, 0.4) is 0 Å². The lowest BCUT2D eigenvalue weighted by atomic mass is 9.92. The highest BCUT2D eigenvalue weighted by atomic mass is 32.1. The van der Waals surface area contributed by atoms with Crippen LogP contribution in [0, 0.1) is 11.6 Å². The van der Waals surface area contributed by atoms with Gasteiger partial charge in [-0.25, -0.2) is 13.8 Å². The van der Waals surface area contributed by atoms with E-state index in [4.69, 9.17) is 4.74 Å². The van der Waals surface area contributed by atoms with Crippen LogP contribution in [0.1, 0.15) is 30.5 Å². The zero-order valence-electron chi connectivity index (χ0n) is 16.1. The lowest BCUT2D eigenvalue weighted by Crippen LogP contribution is -2.18. The van der Waals surface area contributed by atoms with Crippen LogP contribution in [-0.2, 0) is 16.0 Å². The van der Waals surface area contributed by atoms with Crippen LogP contribution >= 0.6 is 11.3 Å². The zero-order valence-corrected chi connectivity index (χ0v) is 16.9. The average molecular weight is 431 g/mol. The molecular weight excluding hydrogens is 412 g/mol. The molecule has 0 bridgehead atoms. The summed E-state index contributed by atoms with van der Waals surface area (Å²) in [5, 5.41) is 11.9. The van der Waals surface area contributed by atoms with Crippen molar-refractivity contribution in [2.75, 3.05) is 6.61 Å². The lowest BCUT2D eigenvalue weighted by Gasteiger charge is -2.12. The lowest BCUT2D eigenvalue weighted by molar-refractivity contribution is -0.140. The van der Waals surface area contributed by atoms with E-state index in [1.54, 1.807) is 5.38 Å². The highest BCUT2D eigenvalue weighted by Crippen LogP contribution is 2.27. The first-order chi connectivity index (χ1) is 14.4. The molecule has 0 amide bonds. The van der Waals surface area contributed by atoms with Crippen molar-refractivity contribution in [3.05, 3.63) is 70.7 Å². The second-order valence-electron chi connectivity index (χ2n) is 6.59. The van der Waals surface area contributed by atoms with Gasteiger partial charge in [0, 0.05) is 23.8 Å². The third kappa shape index (κ3) is 5.27. The predicted molar refractivity (Wildman–Crippen MR) is 109 cm³/mol.